The number of hydrogen-bond acceptors (Lipinski definition) is 4. The standard InChI is InChI=1S/C19H21ClFN5O2/c20-12-7-8-13(21)14(11-12)22-18(27)19(28)25-10-4-5-15(25)17-24-23-16-6-2-1-3-9-26(16)17/h7-8,11,15H,1-6,9-10H2,(H,22,27)/t15-/m0/s1. The number of aromatic nitrogens is 3. The summed E-state index contributed by atoms with van der Waals surface area (Å²) in [4.78, 5) is 26.8. The highest BCUT2D eigenvalue weighted by Crippen LogP contribution is 2.32. The highest BCUT2D eigenvalue weighted by Gasteiger charge is 2.37. The van der Waals surface area contributed by atoms with Gasteiger partial charge in [-0.05, 0) is 43.9 Å². The van der Waals surface area contributed by atoms with Crippen LogP contribution in [0, 0.1) is 5.82 Å². The molecule has 0 radical (unpaired) electrons. The van der Waals surface area contributed by atoms with Crippen LogP contribution in [0.15, 0.2) is 18.2 Å². The Kier molecular flexibility index (Phi) is 5.30. The maximum Gasteiger partial charge on any atom is 0.314 e. The van der Waals surface area contributed by atoms with Gasteiger partial charge in [0.1, 0.15) is 11.6 Å². The largest absolute Gasteiger partial charge is 0.324 e. The Balaban J connectivity index is 1.53. The molecule has 0 aliphatic carbocycles. The van der Waals surface area contributed by atoms with E-state index in [-0.39, 0.29) is 16.8 Å². The lowest BCUT2D eigenvalue weighted by Crippen LogP contribution is -2.40. The SMILES string of the molecule is O=C(Nc1cc(Cl)ccc1F)C(=O)N1CCC[C@H]1c1nnc2n1CCCCC2. The number of fused-ring (bicyclic) bond motifs is 1. The van der Waals surface area contributed by atoms with Crippen molar-refractivity contribution in [3.05, 3.63) is 40.7 Å². The minimum absolute atomic E-state index is 0.113. The van der Waals surface area contributed by atoms with Gasteiger partial charge in [0.05, 0.1) is 11.7 Å². The Morgan fingerprint density at radius 1 is 1.14 bits per heavy atom. The van der Waals surface area contributed by atoms with Crippen LogP contribution in [0.25, 0.3) is 0 Å². The third kappa shape index (κ3) is 3.61. The topological polar surface area (TPSA) is 80.1 Å². The van der Waals surface area contributed by atoms with Gasteiger partial charge in [0.2, 0.25) is 0 Å². The van der Waals surface area contributed by atoms with Gasteiger partial charge in [0.15, 0.2) is 5.82 Å². The van der Waals surface area contributed by atoms with E-state index in [9.17, 15) is 14.0 Å². The summed E-state index contributed by atoms with van der Waals surface area (Å²) in [5, 5.41) is 11.2. The fourth-order valence-electron chi connectivity index (χ4n) is 3.93. The molecule has 2 aromatic rings. The van der Waals surface area contributed by atoms with Crippen LogP contribution in [0.3, 0.4) is 0 Å². The zero-order valence-electron chi connectivity index (χ0n) is 15.3. The summed E-state index contributed by atoms with van der Waals surface area (Å²) >= 11 is 5.85. The molecular weight excluding hydrogens is 385 g/mol. The zero-order chi connectivity index (χ0) is 19.7. The molecule has 0 bridgehead atoms. The van der Waals surface area contributed by atoms with E-state index in [4.69, 9.17) is 11.6 Å². The van der Waals surface area contributed by atoms with Gasteiger partial charge in [0, 0.05) is 24.5 Å². The summed E-state index contributed by atoms with van der Waals surface area (Å²) in [5.74, 6) is -0.551. The lowest BCUT2D eigenvalue weighted by atomic mass is 10.2. The third-order valence-electron chi connectivity index (χ3n) is 5.32. The van der Waals surface area contributed by atoms with E-state index in [2.05, 4.69) is 20.1 Å². The number of carbonyl (C=O) groups is 2. The molecule has 9 heteroatoms. The van der Waals surface area contributed by atoms with Crippen LogP contribution in [-0.4, -0.2) is 38.0 Å². The lowest BCUT2D eigenvalue weighted by Gasteiger charge is -2.24. The predicted molar refractivity (Wildman–Crippen MR) is 101 cm³/mol. The van der Waals surface area contributed by atoms with Crippen molar-refractivity contribution >= 4 is 29.1 Å². The average molecular weight is 406 g/mol. The van der Waals surface area contributed by atoms with E-state index >= 15 is 0 Å². The first-order chi connectivity index (χ1) is 13.5. The second kappa shape index (κ2) is 7.87. The highest BCUT2D eigenvalue weighted by molar-refractivity contribution is 6.39. The summed E-state index contributed by atoms with van der Waals surface area (Å²) in [7, 11) is 0. The summed E-state index contributed by atoms with van der Waals surface area (Å²) in [5.41, 5.74) is -0.113. The molecule has 3 heterocycles. The molecule has 28 heavy (non-hydrogen) atoms. The summed E-state index contributed by atoms with van der Waals surface area (Å²) in [6, 6.07) is 3.51. The second-order valence-electron chi connectivity index (χ2n) is 7.17. The highest BCUT2D eigenvalue weighted by atomic mass is 35.5. The van der Waals surface area contributed by atoms with Crippen LogP contribution < -0.4 is 5.32 Å². The molecule has 1 atom stereocenters. The first-order valence-electron chi connectivity index (χ1n) is 9.53. The molecule has 2 amide bonds. The van der Waals surface area contributed by atoms with Crippen LogP contribution >= 0.6 is 11.6 Å². The van der Waals surface area contributed by atoms with Gasteiger partial charge in [-0.2, -0.15) is 0 Å². The van der Waals surface area contributed by atoms with Crippen LogP contribution in [-0.2, 0) is 22.6 Å². The van der Waals surface area contributed by atoms with Crippen LogP contribution in [0.4, 0.5) is 10.1 Å². The molecule has 4 rings (SSSR count). The Morgan fingerprint density at radius 2 is 2.00 bits per heavy atom. The summed E-state index contributed by atoms with van der Waals surface area (Å²) < 4.78 is 16.0. The lowest BCUT2D eigenvalue weighted by molar-refractivity contribution is -0.143. The molecular formula is C19H21ClFN5O2. The van der Waals surface area contributed by atoms with Gasteiger partial charge < -0.3 is 14.8 Å². The van der Waals surface area contributed by atoms with Crippen molar-refractivity contribution < 1.29 is 14.0 Å². The molecule has 148 valence electrons. The van der Waals surface area contributed by atoms with Crippen molar-refractivity contribution in [2.75, 3.05) is 11.9 Å². The van der Waals surface area contributed by atoms with Gasteiger partial charge in [-0.3, -0.25) is 9.59 Å². The Bertz CT molecular complexity index is 916. The van der Waals surface area contributed by atoms with Crippen LogP contribution in [0.2, 0.25) is 5.02 Å². The van der Waals surface area contributed by atoms with E-state index in [1.54, 1.807) is 0 Å². The van der Waals surface area contributed by atoms with E-state index < -0.39 is 17.6 Å². The van der Waals surface area contributed by atoms with E-state index in [1.807, 2.05) is 0 Å². The third-order valence-corrected chi connectivity index (χ3v) is 5.56. The molecule has 1 N–H and O–H groups in total. The van der Waals surface area contributed by atoms with Gasteiger partial charge >= 0.3 is 11.8 Å². The number of nitrogens with one attached hydrogen (secondary N) is 1. The van der Waals surface area contributed by atoms with Crippen LogP contribution in [0.1, 0.15) is 49.8 Å². The van der Waals surface area contributed by atoms with Crippen molar-refractivity contribution in [1.29, 1.82) is 0 Å². The van der Waals surface area contributed by atoms with Crippen LogP contribution in [0.5, 0.6) is 0 Å². The summed E-state index contributed by atoms with van der Waals surface area (Å²) in [6.07, 6.45) is 5.65. The number of benzene rings is 1. The molecule has 7 nitrogen and oxygen atoms in total. The Morgan fingerprint density at radius 3 is 2.86 bits per heavy atom. The number of halogens is 2. The van der Waals surface area contributed by atoms with Gasteiger partial charge in [-0.25, -0.2) is 4.39 Å². The van der Waals surface area contributed by atoms with Crippen molar-refractivity contribution in [3.8, 4) is 0 Å². The van der Waals surface area contributed by atoms with Crippen molar-refractivity contribution in [3.63, 3.8) is 0 Å². The van der Waals surface area contributed by atoms with Gasteiger partial charge in [-0.15, -0.1) is 10.2 Å². The molecule has 0 spiro atoms. The molecule has 2 aliphatic heterocycles. The monoisotopic (exact) mass is 405 g/mol. The molecule has 0 unspecified atom stereocenters. The zero-order valence-corrected chi connectivity index (χ0v) is 16.1. The fraction of sp³-hybridized carbons (Fsp3) is 0.474. The van der Waals surface area contributed by atoms with E-state index in [1.165, 1.54) is 17.0 Å². The van der Waals surface area contributed by atoms with Crippen molar-refractivity contribution in [2.45, 2.75) is 51.1 Å². The van der Waals surface area contributed by atoms with E-state index in [0.717, 1.165) is 62.8 Å². The Labute approximate surface area is 166 Å². The first-order valence-corrected chi connectivity index (χ1v) is 9.91. The summed E-state index contributed by atoms with van der Waals surface area (Å²) in [6.45, 7) is 1.28. The number of hydrogen-bond donors (Lipinski definition) is 1. The number of amides is 2. The normalized spacial score (nSPS) is 19.2. The molecule has 1 saturated heterocycles. The van der Waals surface area contributed by atoms with Crippen molar-refractivity contribution in [1.82, 2.24) is 19.7 Å². The Hall–Kier alpha value is -2.48. The quantitative estimate of drug-likeness (QED) is 0.778. The number of nitrogens with zero attached hydrogens (tertiary/aromatic N) is 4. The van der Waals surface area contributed by atoms with E-state index in [0.29, 0.717) is 6.54 Å². The van der Waals surface area contributed by atoms with Crippen molar-refractivity contribution in [2.24, 2.45) is 0 Å². The molecule has 0 saturated carbocycles. The number of likely N-dealkylation sites (tertiary alicyclic amines) is 1. The first kappa shape index (κ1) is 18.9. The molecule has 2 aliphatic rings. The van der Waals surface area contributed by atoms with Gasteiger partial charge in [-0.1, -0.05) is 18.0 Å². The smallest absolute Gasteiger partial charge is 0.314 e. The molecule has 1 aromatic carbocycles. The molecule has 1 fully saturated rings. The predicted octanol–water partition coefficient (Wildman–Crippen LogP) is 3.10. The minimum Gasteiger partial charge on any atom is -0.324 e. The maximum absolute atomic E-state index is 13.9. The molecule has 1 aromatic heterocycles. The number of anilines is 1. The fourth-order valence-corrected chi connectivity index (χ4v) is 4.10. The number of carbonyl (C=O) groups excluding carboxylic acids is 2. The maximum atomic E-state index is 13.9. The minimum atomic E-state index is -0.885. The second-order valence-corrected chi connectivity index (χ2v) is 7.61. The van der Waals surface area contributed by atoms with Gasteiger partial charge in [0.25, 0.3) is 0 Å². The number of aryl methyl sites for hydroxylation is 1. The number of rotatable bonds is 2. The average Bonchev–Trinajstić information content (AvgIpc) is 3.24.